The van der Waals surface area contributed by atoms with E-state index in [4.69, 9.17) is 9.47 Å². The normalized spacial score (nSPS) is 9.76. The van der Waals surface area contributed by atoms with E-state index in [0.717, 1.165) is 0 Å². The van der Waals surface area contributed by atoms with Gasteiger partial charge in [0.15, 0.2) is 5.75 Å². The maximum Gasteiger partial charge on any atom is 0.417 e. The molecule has 7 heteroatoms. The third-order valence-corrected chi connectivity index (χ3v) is 2.58. The Labute approximate surface area is 120 Å². The van der Waals surface area contributed by atoms with Crippen LogP contribution in [0.5, 0.6) is 11.5 Å². The molecular weight excluding hydrogens is 276 g/mol. The topological polar surface area (TPSA) is 90.7 Å². The van der Waals surface area contributed by atoms with Gasteiger partial charge in [0.1, 0.15) is 5.75 Å². The van der Waals surface area contributed by atoms with E-state index in [1.165, 1.54) is 25.3 Å². The van der Waals surface area contributed by atoms with Gasteiger partial charge in [-0.2, -0.15) is 0 Å². The van der Waals surface area contributed by atoms with Crippen LogP contribution in [0.25, 0.3) is 0 Å². The Morgan fingerprint density at radius 2 is 1.90 bits per heavy atom. The average molecular weight is 288 g/mol. The summed E-state index contributed by atoms with van der Waals surface area (Å²) in [4.78, 5) is 22.0. The average Bonchev–Trinajstić information content (AvgIpc) is 2.48. The molecular formula is C14H12N2O5. The zero-order valence-electron chi connectivity index (χ0n) is 11.1. The van der Waals surface area contributed by atoms with Crippen LogP contribution in [0, 0.1) is 10.1 Å². The monoisotopic (exact) mass is 288 g/mol. The van der Waals surface area contributed by atoms with Gasteiger partial charge in [0, 0.05) is 6.07 Å². The summed E-state index contributed by atoms with van der Waals surface area (Å²) >= 11 is 0. The van der Waals surface area contributed by atoms with Crippen LogP contribution < -0.4 is 14.8 Å². The Bertz CT molecular complexity index is 658. The van der Waals surface area contributed by atoms with Crippen molar-refractivity contribution in [1.29, 1.82) is 0 Å². The Kier molecular flexibility index (Phi) is 4.35. The van der Waals surface area contributed by atoms with Crippen LogP contribution in [0.3, 0.4) is 0 Å². The summed E-state index contributed by atoms with van der Waals surface area (Å²) in [6.45, 7) is 0. The number of nitro groups is 1. The first-order valence-corrected chi connectivity index (χ1v) is 5.96. The molecule has 0 aliphatic carbocycles. The lowest BCUT2D eigenvalue weighted by Gasteiger charge is -2.07. The van der Waals surface area contributed by atoms with E-state index < -0.39 is 11.0 Å². The number of ether oxygens (including phenoxy) is 2. The minimum absolute atomic E-state index is 0.113. The molecule has 0 spiro atoms. The Balaban J connectivity index is 2.11. The highest BCUT2D eigenvalue weighted by Crippen LogP contribution is 2.29. The number of amides is 1. The minimum Gasteiger partial charge on any atom is -0.490 e. The number of anilines is 1. The third-order valence-electron chi connectivity index (χ3n) is 2.58. The molecule has 1 amide bonds. The van der Waals surface area contributed by atoms with Crippen molar-refractivity contribution in [1.82, 2.24) is 0 Å². The van der Waals surface area contributed by atoms with Gasteiger partial charge in [0.25, 0.3) is 0 Å². The van der Waals surface area contributed by atoms with Gasteiger partial charge >= 0.3 is 11.8 Å². The fourth-order valence-corrected chi connectivity index (χ4v) is 1.65. The van der Waals surface area contributed by atoms with Crippen LogP contribution >= 0.6 is 0 Å². The van der Waals surface area contributed by atoms with Crippen molar-refractivity contribution in [2.75, 3.05) is 12.4 Å². The number of carbonyl (C=O) groups excluding carboxylic acids is 1. The molecule has 0 fully saturated rings. The highest BCUT2D eigenvalue weighted by molar-refractivity contribution is 5.87. The summed E-state index contributed by atoms with van der Waals surface area (Å²) < 4.78 is 9.90. The molecule has 21 heavy (non-hydrogen) atoms. The number of carbonyl (C=O) groups is 1. The van der Waals surface area contributed by atoms with Crippen molar-refractivity contribution >= 4 is 17.5 Å². The molecule has 2 aromatic carbocycles. The number of para-hydroxylation sites is 1. The van der Waals surface area contributed by atoms with Gasteiger partial charge in [0.05, 0.1) is 17.7 Å². The van der Waals surface area contributed by atoms with Crippen LogP contribution in [-0.2, 0) is 0 Å². The number of hydrogen-bond donors (Lipinski definition) is 1. The lowest BCUT2D eigenvalue weighted by molar-refractivity contribution is -0.385. The Morgan fingerprint density at radius 3 is 2.52 bits per heavy atom. The van der Waals surface area contributed by atoms with Gasteiger partial charge in [-0.25, -0.2) is 4.79 Å². The fraction of sp³-hybridized carbons (Fsp3) is 0.0714. The van der Waals surface area contributed by atoms with Crippen LogP contribution in [-0.4, -0.2) is 18.1 Å². The fourth-order valence-electron chi connectivity index (χ4n) is 1.65. The second kappa shape index (κ2) is 6.38. The van der Waals surface area contributed by atoms with Crippen molar-refractivity contribution < 1.29 is 19.2 Å². The van der Waals surface area contributed by atoms with Crippen molar-refractivity contribution in [3.8, 4) is 11.5 Å². The van der Waals surface area contributed by atoms with Crippen LogP contribution in [0.4, 0.5) is 16.2 Å². The minimum atomic E-state index is -0.735. The Morgan fingerprint density at radius 1 is 1.19 bits per heavy atom. The molecule has 0 saturated heterocycles. The van der Waals surface area contributed by atoms with Gasteiger partial charge in [0.2, 0.25) is 0 Å². The molecule has 0 aliphatic rings. The summed E-state index contributed by atoms with van der Waals surface area (Å²) in [6, 6.07) is 12.6. The number of benzene rings is 2. The van der Waals surface area contributed by atoms with E-state index in [1.54, 1.807) is 30.3 Å². The number of methoxy groups -OCH3 is 1. The standard InChI is InChI=1S/C14H12N2O5/c1-20-13-8-7-10(9-12(13)16(18)19)15-14(17)21-11-5-3-2-4-6-11/h2-9H,1H3,(H,15,17). The molecule has 1 N–H and O–H groups in total. The first kappa shape index (κ1) is 14.3. The summed E-state index contributed by atoms with van der Waals surface area (Å²) in [5.41, 5.74) is -0.00144. The van der Waals surface area contributed by atoms with E-state index in [-0.39, 0.29) is 17.1 Å². The summed E-state index contributed by atoms with van der Waals surface area (Å²) in [6.07, 6.45) is -0.735. The first-order chi connectivity index (χ1) is 10.1. The van der Waals surface area contributed by atoms with Gasteiger partial charge in [-0.1, -0.05) is 18.2 Å². The van der Waals surface area contributed by atoms with E-state index in [0.29, 0.717) is 5.75 Å². The first-order valence-electron chi connectivity index (χ1n) is 5.96. The maximum atomic E-state index is 11.7. The van der Waals surface area contributed by atoms with Gasteiger partial charge in [-0.05, 0) is 24.3 Å². The molecule has 0 aliphatic heterocycles. The van der Waals surface area contributed by atoms with Crippen LogP contribution in [0.2, 0.25) is 0 Å². The third kappa shape index (κ3) is 3.69. The number of nitro benzene ring substituents is 1. The smallest absolute Gasteiger partial charge is 0.417 e. The summed E-state index contributed by atoms with van der Waals surface area (Å²) in [5, 5.41) is 13.3. The maximum absolute atomic E-state index is 11.7. The van der Waals surface area contributed by atoms with Crippen molar-refractivity contribution in [3.63, 3.8) is 0 Å². The number of nitrogens with zero attached hydrogens (tertiary/aromatic N) is 1. The van der Waals surface area contributed by atoms with Crippen molar-refractivity contribution in [3.05, 3.63) is 58.6 Å². The molecule has 0 atom stereocenters. The van der Waals surface area contributed by atoms with E-state index >= 15 is 0 Å². The molecule has 0 saturated carbocycles. The molecule has 2 aromatic rings. The lowest BCUT2D eigenvalue weighted by Crippen LogP contribution is -2.16. The highest BCUT2D eigenvalue weighted by atomic mass is 16.6. The molecule has 7 nitrogen and oxygen atoms in total. The largest absolute Gasteiger partial charge is 0.490 e. The summed E-state index contributed by atoms with van der Waals surface area (Å²) in [7, 11) is 1.33. The molecule has 0 bridgehead atoms. The zero-order chi connectivity index (χ0) is 15.2. The second-order valence-electron chi connectivity index (χ2n) is 3.97. The van der Waals surface area contributed by atoms with Crippen molar-refractivity contribution in [2.24, 2.45) is 0 Å². The SMILES string of the molecule is COc1ccc(NC(=O)Oc2ccccc2)cc1[N+](=O)[O-]. The van der Waals surface area contributed by atoms with E-state index in [9.17, 15) is 14.9 Å². The molecule has 0 aromatic heterocycles. The number of rotatable bonds is 4. The van der Waals surface area contributed by atoms with Gasteiger partial charge in [-0.3, -0.25) is 15.4 Å². The zero-order valence-corrected chi connectivity index (χ0v) is 11.1. The lowest BCUT2D eigenvalue weighted by atomic mass is 10.2. The Hall–Kier alpha value is -3.09. The molecule has 2 rings (SSSR count). The molecule has 108 valence electrons. The van der Waals surface area contributed by atoms with Crippen molar-refractivity contribution in [2.45, 2.75) is 0 Å². The van der Waals surface area contributed by atoms with Gasteiger partial charge < -0.3 is 9.47 Å². The highest BCUT2D eigenvalue weighted by Gasteiger charge is 2.16. The van der Waals surface area contributed by atoms with E-state index in [1.807, 2.05) is 0 Å². The van der Waals surface area contributed by atoms with Gasteiger partial charge in [-0.15, -0.1) is 0 Å². The number of hydrogen-bond acceptors (Lipinski definition) is 5. The number of nitrogens with one attached hydrogen (secondary N) is 1. The predicted octanol–water partition coefficient (Wildman–Crippen LogP) is 3.21. The summed E-state index contributed by atoms with van der Waals surface area (Å²) in [5.74, 6) is 0.486. The van der Waals surface area contributed by atoms with E-state index in [2.05, 4.69) is 5.32 Å². The quantitative estimate of drug-likeness (QED) is 0.689. The second-order valence-corrected chi connectivity index (χ2v) is 3.97. The van der Waals surface area contributed by atoms with Crippen LogP contribution in [0.1, 0.15) is 0 Å². The predicted molar refractivity (Wildman–Crippen MR) is 75.7 cm³/mol. The van der Waals surface area contributed by atoms with Crippen LogP contribution in [0.15, 0.2) is 48.5 Å². The molecule has 0 heterocycles. The molecule has 0 unspecified atom stereocenters. The molecule has 0 radical (unpaired) electrons.